The van der Waals surface area contributed by atoms with Crippen LogP contribution in [0, 0.1) is 0 Å². The summed E-state index contributed by atoms with van der Waals surface area (Å²) in [6, 6.07) is 1.58. The Morgan fingerprint density at radius 3 is 2.32 bits per heavy atom. The Balaban J connectivity index is 2.58. The van der Waals surface area contributed by atoms with Crippen LogP contribution in [0.3, 0.4) is 0 Å². The van der Waals surface area contributed by atoms with Crippen molar-refractivity contribution in [2.75, 3.05) is 0 Å². The molecule has 10 heteroatoms. The van der Waals surface area contributed by atoms with Crippen LogP contribution >= 0.6 is 54.5 Å². The van der Waals surface area contributed by atoms with Crippen molar-refractivity contribution in [3.63, 3.8) is 0 Å². The van der Waals surface area contributed by atoms with Gasteiger partial charge in [-0.2, -0.15) is 13.2 Å². The number of aromatic carboxylic acids is 1. The number of carboxylic acids is 1. The van der Waals surface area contributed by atoms with E-state index in [1.54, 1.807) is 6.07 Å². The summed E-state index contributed by atoms with van der Waals surface area (Å²) in [6.07, 6.45) is -4.78. The Hall–Kier alpha value is -0.450. The maximum atomic E-state index is 12.7. The Bertz CT molecular complexity index is 631. The average Bonchev–Trinajstić information content (AvgIpc) is 2.82. The van der Waals surface area contributed by atoms with Crippen molar-refractivity contribution in [1.29, 1.82) is 0 Å². The second kappa shape index (κ2) is 5.15. The lowest BCUT2D eigenvalue weighted by Crippen LogP contribution is -2.11. The standard InChI is InChI=1S/C9H2Br2F3NO2S2/c10-2-1-3(18-6(2)11)7-15-5(9(12,13)14)4(19-7)8(16)17/h1H,(H,16,17). The summed E-state index contributed by atoms with van der Waals surface area (Å²) in [5.74, 6) is -1.63. The zero-order valence-electron chi connectivity index (χ0n) is 8.59. The van der Waals surface area contributed by atoms with Gasteiger partial charge in [0.1, 0.15) is 9.88 Å². The molecular weight excluding hydrogens is 435 g/mol. The van der Waals surface area contributed by atoms with Crippen LogP contribution in [0.1, 0.15) is 15.4 Å². The van der Waals surface area contributed by atoms with Crippen molar-refractivity contribution in [3.05, 3.63) is 24.9 Å². The molecule has 3 nitrogen and oxygen atoms in total. The predicted octanol–water partition coefficient (Wildman–Crippen LogP) is 5.11. The number of rotatable bonds is 2. The molecule has 0 aromatic carbocycles. The molecule has 0 saturated carbocycles. The second-order valence-corrected chi connectivity index (χ2v) is 7.46. The van der Waals surface area contributed by atoms with Crippen LogP contribution in [0.2, 0.25) is 0 Å². The lowest BCUT2D eigenvalue weighted by Gasteiger charge is -2.02. The van der Waals surface area contributed by atoms with Gasteiger partial charge in [-0.3, -0.25) is 0 Å². The van der Waals surface area contributed by atoms with Gasteiger partial charge < -0.3 is 5.11 Å². The molecule has 2 rings (SSSR count). The summed E-state index contributed by atoms with van der Waals surface area (Å²) < 4.78 is 39.4. The number of hydrogen-bond acceptors (Lipinski definition) is 4. The number of halogens is 5. The summed E-state index contributed by atoms with van der Waals surface area (Å²) >= 11 is 8.10. The van der Waals surface area contributed by atoms with Crippen molar-refractivity contribution >= 4 is 60.5 Å². The lowest BCUT2D eigenvalue weighted by molar-refractivity contribution is -0.141. The lowest BCUT2D eigenvalue weighted by atomic mass is 10.3. The number of nitrogens with zero attached hydrogens (tertiary/aromatic N) is 1. The Labute approximate surface area is 129 Å². The highest BCUT2D eigenvalue weighted by Gasteiger charge is 2.40. The van der Waals surface area contributed by atoms with Crippen LogP contribution < -0.4 is 0 Å². The number of thiazole rings is 1. The van der Waals surface area contributed by atoms with Gasteiger partial charge in [0.25, 0.3) is 0 Å². The summed E-state index contributed by atoms with van der Waals surface area (Å²) in [4.78, 5) is 13.9. The minimum Gasteiger partial charge on any atom is -0.477 e. The molecule has 1 N–H and O–H groups in total. The van der Waals surface area contributed by atoms with Gasteiger partial charge in [-0.15, -0.1) is 22.7 Å². The van der Waals surface area contributed by atoms with Crippen molar-refractivity contribution < 1.29 is 23.1 Å². The van der Waals surface area contributed by atoms with E-state index in [-0.39, 0.29) is 5.01 Å². The van der Waals surface area contributed by atoms with E-state index in [2.05, 4.69) is 36.8 Å². The number of carboxylic acid groups (broad SMARTS) is 1. The minimum atomic E-state index is -4.78. The smallest absolute Gasteiger partial charge is 0.435 e. The Kier molecular flexibility index (Phi) is 4.05. The zero-order chi connectivity index (χ0) is 14.4. The number of carbonyl (C=O) groups is 1. The average molecular weight is 437 g/mol. The summed E-state index contributed by atoms with van der Waals surface area (Å²) in [5.41, 5.74) is -1.36. The molecule has 2 aromatic heterocycles. The van der Waals surface area contributed by atoms with E-state index in [4.69, 9.17) is 5.11 Å². The van der Waals surface area contributed by atoms with Gasteiger partial charge in [0.15, 0.2) is 5.69 Å². The number of alkyl halides is 3. The highest BCUT2D eigenvalue weighted by atomic mass is 79.9. The van der Waals surface area contributed by atoms with Gasteiger partial charge in [0.2, 0.25) is 0 Å². The van der Waals surface area contributed by atoms with E-state index in [9.17, 15) is 18.0 Å². The van der Waals surface area contributed by atoms with Gasteiger partial charge in [0, 0.05) is 4.47 Å². The molecule has 0 amide bonds. The maximum Gasteiger partial charge on any atom is 0.435 e. The van der Waals surface area contributed by atoms with E-state index >= 15 is 0 Å². The molecule has 0 fully saturated rings. The monoisotopic (exact) mass is 435 g/mol. The topological polar surface area (TPSA) is 50.2 Å². The molecule has 2 aromatic rings. The second-order valence-electron chi connectivity index (χ2n) is 3.23. The van der Waals surface area contributed by atoms with Crippen molar-refractivity contribution in [1.82, 2.24) is 4.98 Å². The molecule has 0 aliphatic carbocycles. The molecule has 0 atom stereocenters. The molecule has 2 heterocycles. The van der Waals surface area contributed by atoms with Crippen molar-refractivity contribution in [3.8, 4) is 9.88 Å². The fourth-order valence-electron chi connectivity index (χ4n) is 1.21. The highest BCUT2D eigenvalue weighted by Crippen LogP contribution is 2.43. The van der Waals surface area contributed by atoms with E-state index in [0.717, 1.165) is 0 Å². The molecule has 19 heavy (non-hydrogen) atoms. The van der Waals surface area contributed by atoms with E-state index in [0.29, 0.717) is 24.5 Å². The Morgan fingerprint density at radius 1 is 1.32 bits per heavy atom. The first-order chi connectivity index (χ1) is 8.70. The van der Waals surface area contributed by atoms with Crippen molar-refractivity contribution in [2.45, 2.75) is 6.18 Å². The minimum absolute atomic E-state index is 0.0288. The number of aromatic nitrogens is 1. The van der Waals surface area contributed by atoms with Crippen LogP contribution in [0.15, 0.2) is 14.3 Å². The van der Waals surface area contributed by atoms with E-state index < -0.39 is 22.7 Å². The number of thiophene rings is 1. The molecular formula is C9H2Br2F3NO2S2. The van der Waals surface area contributed by atoms with Crippen LogP contribution in [0.25, 0.3) is 9.88 Å². The van der Waals surface area contributed by atoms with Gasteiger partial charge in [-0.1, -0.05) is 0 Å². The first-order valence-corrected chi connectivity index (χ1v) is 7.68. The first-order valence-electron chi connectivity index (χ1n) is 4.46. The fourth-order valence-corrected chi connectivity index (χ4v) is 4.22. The highest BCUT2D eigenvalue weighted by molar-refractivity contribution is 9.13. The third-order valence-corrected chi connectivity index (χ3v) is 6.41. The quantitative estimate of drug-likeness (QED) is 0.711. The third-order valence-electron chi connectivity index (χ3n) is 1.95. The largest absolute Gasteiger partial charge is 0.477 e. The molecule has 0 bridgehead atoms. The van der Waals surface area contributed by atoms with Gasteiger partial charge >= 0.3 is 12.1 Å². The summed E-state index contributed by atoms with van der Waals surface area (Å²) in [5, 5.41) is 8.83. The van der Waals surface area contributed by atoms with Crippen LogP contribution in [0.5, 0.6) is 0 Å². The molecule has 0 aliphatic heterocycles. The molecule has 0 spiro atoms. The number of hydrogen-bond donors (Lipinski definition) is 1. The summed E-state index contributed by atoms with van der Waals surface area (Å²) in [7, 11) is 0. The van der Waals surface area contributed by atoms with E-state index in [1.807, 2.05) is 0 Å². The normalized spacial score (nSPS) is 11.8. The Morgan fingerprint density at radius 2 is 1.95 bits per heavy atom. The summed E-state index contributed by atoms with van der Waals surface area (Å²) in [6.45, 7) is 0. The fraction of sp³-hybridized carbons (Fsp3) is 0.111. The molecule has 0 radical (unpaired) electrons. The van der Waals surface area contributed by atoms with Crippen LogP contribution in [-0.2, 0) is 6.18 Å². The molecule has 0 saturated heterocycles. The SMILES string of the molecule is O=C(O)c1sc(-c2cc(Br)c(Br)s2)nc1C(F)(F)F. The van der Waals surface area contributed by atoms with E-state index in [1.165, 1.54) is 11.3 Å². The molecule has 0 unspecified atom stereocenters. The van der Waals surface area contributed by atoms with Crippen molar-refractivity contribution in [2.24, 2.45) is 0 Å². The van der Waals surface area contributed by atoms with Gasteiger partial charge in [0.05, 0.1) is 8.66 Å². The third kappa shape index (κ3) is 3.01. The van der Waals surface area contributed by atoms with Gasteiger partial charge in [-0.25, -0.2) is 9.78 Å². The zero-order valence-corrected chi connectivity index (χ0v) is 13.4. The van der Waals surface area contributed by atoms with Crippen LogP contribution in [0.4, 0.5) is 13.2 Å². The van der Waals surface area contributed by atoms with Gasteiger partial charge in [-0.05, 0) is 37.9 Å². The first kappa shape index (κ1) is 14.9. The molecule has 0 aliphatic rings. The predicted molar refractivity (Wildman–Crippen MR) is 72.8 cm³/mol. The molecule has 102 valence electrons. The maximum absolute atomic E-state index is 12.7. The van der Waals surface area contributed by atoms with Crippen LogP contribution in [-0.4, -0.2) is 16.1 Å².